The van der Waals surface area contributed by atoms with Gasteiger partial charge >= 0.3 is 0 Å². The lowest BCUT2D eigenvalue weighted by atomic mass is 9.97. The minimum absolute atomic E-state index is 0.275. The number of anilines is 1. The average molecular weight is 715 g/mol. The minimum atomic E-state index is -0.275. The smallest absolute Gasteiger partial charge is 0.147 e. The van der Waals surface area contributed by atoms with Gasteiger partial charge in [0.05, 0.1) is 27.8 Å². The van der Waals surface area contributed by atoms with Crippen molar-refractivity contribution >= 4 is 76.7 Å². The van der Waals surface area contributed by atoms with Gasteiger partial charge in [0.15, 0.2) is 0 Å². The van der Waals surface area contributed by atoms with Gasteiger partial charge in [0, 0.05) is 38.2 Å². The summed E-state index contributed by atoms with van der Waals surface area (Å²) in [6, 6.07) is 70.3. The Kier molecular flexibility index (Phi) is 6.66. The van der Waals surface area contributed by atoms with E-state index in [2.05, 4.69) is 209 Å². The van der Waals surface area contributed by atoms with Crippen LogP contribution < -0.4 is 5.32 Å². The molecule has 0 fully saturated rings. The van der Waals surface area contributed by atoms with Crippen molar-refractivity contribution in [1.29, 1.82) is 0 Å². The standard InChI is InChI=1S/C52H34N4/c1-2-16-38(17-3-1)55-46-23-11-9-20-42(46)49-39(21-12-24-48(49)55)36-28-30-47-44(32-36)41-19-8-10-22-45(41)56(47)52-43-29-27-34-14-6-7-18-40(34)50(43)53-51(54-52)37-26-25-33-13-4-5-15-35(33)31-37/h1-32,51,53H. The van der Waals surface area contributed by atoms with Crippen LogP contribution in [-0.4, -0.2) is 15.0 Å². The van der Waals surface area contributed by atoms with Crippen LogP contribution in [0.2, 0.25) is 0 Å². The van der Waals surface area contributed by atoms with Crippen LogP contribution in [0.1, 0.15) is 17.3 Å². The van der Waals surface area contributed by atoms with E-state index in [0.29, 0.717) is 0 Å². The van der Waals surface area contributed by atoms with Crippen molar-refractivity contribution < 1.29 is 0 Å². The van der Waals surface area contributed by atoms with Gasteiger partial charge in [-0.1, -0.05) is 140 Å². The van der Waals surface area contributed by atoms with E-state index in [-0.39, 0.29) is 6.17 Å². The Labute approximate surface area is 323 Å². The Morgan fingerprint density at radius 2 is 1.07 bits per heavy atom. The SMILES string of the molecule is c1ccc(-n2c3ccccc3c3c(-c4ccc5c(c4)c4ccccc4n5C4=NC(c5ccc6ccccc6c5)Nc5c4ccc4ccccc54)cccc32)cc1. The van der Waals surface area contributed by atoms with E-state index in [1.807, 2.05) is 0 Å². The molecule has 0 aliphatic carbocycles. The zero-order valence-electron chi connectivity index (χ0n) is 30.4. The summed E-state index contributed by atoms with van der Waals surface area (Å²) in [4.78, 5) is 5.60. The van der Waals surface area contributed by atoms with Crippen molar-refractivity contribution in [1.82, 2.24) is 9.13 Å². The molecule has 56 heavy (non-hydrogen) atoms. The molecule has 1 unspecified atom stereocenters. The maximum Gasteiger partial charge on any atom is 0.147 e. The molecule has 1 N–H and O–H groups in total. The molecule has 0 spiro atoms. The molecule has 2 aromatic heterocycles. The van der Waals surface area contributed by atoms with Crippen molar-refractivity contribution in [2.45, 2.75) is 6.17 Å². The molecule has 12 rings (SSSR count). The van der Waals surface area contributed by atoms with Gasteiger partial charge in [-0.05, 0) is 87.4 Å². The molecule has 3 heterocycles. The van der Waals surface area contributed by atoms with Crippen LogP contribution in [0.3, 0.4) is 0 Å². The summed E-state index contributed by atoms with van der Waals surface area (Å²) in [5.74, 6) is 0.939. The van der Waals surface area contributed by atoms with E-state index in [4.69, 9.17) is 4.99 Å². The van der Waals surface area contributed by atoms with Crippen LogP contribution in [0.4, 0.5) is 5.69 Å². The molecular weight excluding hydrogens is 681 g/mol. The first-order chi connectivity index (χ1) is 27.8. The molecule has 4 heteroatoms. The number of fused-ring (bicyclic) bond motifs is 10. The highest BCUT2D eigenvalue weighted by atomic mass is 15.2. The third-order valence-electron chi connectivity index (χ3n) is 11.7. The summed E-state index contributed by atoms with van der Waals surface area (Å²) in [7, 11) is 0. The molecule has 0 bridgehead atoms. The van der Waals surface area contributed by atoms with Gasteiger partial charge < -0.3 is 9.88 Å². The van der Waals surface area contributed by atoms with Gasteiger partial charge in [0.2, 0.25) is 0 Å². The summed E-state index contributed by atoms with van der Waals surface area (Å²) in [5.41, 5.74) is 11.6. The third-order valence-corrected chi connectivity index (χ3v) is 11.7. The van der Waals surface area contributed by atoms with Crippen molar-refractivity contribution in [3.8, 4) is 16.8 Å². The molecule has 11 aromatic rings. The van der Waals surface area contributed by atoms with E-state index < -0.39 is 0 Å². The van der Waals surface area contributed by atoms with Crippen molar-refractivity contribution in [3.63, 3.8) is 0 Å². The number of aliphatic imine (C=N–C) groups is 1. The molecule has 0 saturated heterocycles. The van der Waals surface area contributed by atoms with Crippen LogP contribution in [0.5, 0.6) is 0 Å². The van der Waals surface area contributed by atoms with Gasteiger partial charge in [-0.3, -0.25) is 4.57 Å². The first-order valence-electron chi connectivity index (χ1n) is 19.3. The molecule has 0 radical (unpaired) electrons. The normalized spacial score (nSPS) is 14.1. The van der Waals surface area contributed by atoms with E-state index in [0.717, 1.165) is 39.4 Å². The molecule has 1 aliphatic rings. The van der Waals surface area contributed by atoms with Gasteiger partial charge in [-0.2, -0.15) is 0 Å². The molecular formula is C52H34N4. The number of benzene rings is 9. The predicted molar refractivity (Wildman–Crippen MR) is 235 cm³/mol. The third kappa shape index (κ3) is 4.56. The monoisotopic (exact) mass is 714 g/mol. The van der Waals surface area contributed by atoms with Crippen LogP contribution >= 0.6 is 0 Å². The molecule has 0 saturated carbocycles. The minimum Gasteiger partial charge on any atom is -0.359 e. The molecule has 1 aliphatic heterocycles. The van der Waals surface area contributed by atoms with Crippen molar-refractivity contribution in [2.75, 3.05) is 5.32 Å². The maximum absolute atomic E-state index is 5.60. The van der Waals surface area contributed by atoms with Crippen LogP contribution in [0.15, 0.2) is 199 Å². The Morgan fingerprint density at radius 3 is 1.93 bits per heavy atom. The summed E-state index contributed by atoms with van der Waals surface area (Å²) >= 11 is 0. The highest BCUT2D eigenvalue weighted by molar-refractivity contribution is 6.22. The fraction of sp³-hybridized carbons (Fsp3) is 0.0192. The lowest BCUT2D eigenvalue weighted by molar-refractivity contribution is 0.822. The second-order valence-corrected chi connectivity index (χ2v) is 14.8. The lowest BCUT2D eigenvalue weighted by Gasteiger charge is -2.28. The maximum atomic E-state index is 5.60. The summed E-state index contributed by atoms with van der Waals surface area (Å²) in [6.07, 6.45) is -0.275. The highest BCUT2D eigenvalue weighted by Crippen LogP contribution is 2.42. The zero-order chi connectivity index (χ0) is 36.7. The van der Waals surface area contributed by atoms with Gasteiger partial charge in [0.25, 0.3) is 0 Å². The fourth-order valence-electron chi connectivity index (χ4n) is 9.17. The first-order valence-corrected chi connectivity index (χ1v) is 19.3. The van der Waals surface area contributed by atoms with Crippen LogP contribution in [0, 0.1) is 0 Å². The number of nitrogens with zero attached hydrogens (tertiary/aromatic N) is 3. The number of hydrogen-bond donors (Lipinski definition) is 1. The van der Waals surface area contributed by atoms with E-state index in [1.165, 1.54) is 65.3 Å². The number of nitrogens with one attached hydrogen (secondary N) is 1. The number of aromatic nitrogens is 2. The Hall–Kier alpha value is -7.43. The average Bonchev–Trinajstić information content (AvgIpc) is 3.79. The second-order valence-electron chi connectivity index (χ2n) is 14.8. The van der Waals surface area contributed by atoms with Crippen molar-refractivity contribution in [2.24, 2.45) is 4.99 Å². The molecule has 9 aromatic carbocycles. The Bertz CT molecular complexity index is 3400. The number of rotatable bonds is 3. The second kappa shape index (κ2) is 12.0. The molecule has 262 valence electrons. The topological polar surface area (TPSA) is 34.2 Å². The summed E-state index contributed by atoms with van der Waals surface area (Å²) in [6.45, 7) is 0. The zero-order valence-corrected chi connectivity index (χ0v) is 30.4. The van der Waals surface area contributed by atoms with Crippen LogP contribution in [0.25, 0.3) is 82.0 Å². The lowest BCUT2D eigenvalue weighted by Crippen LogP contribution is -2.25. The Balaban J connectivity index is 1.10. The van der Waals surface area contributed by atoms with E-state index in [1.54, 1.807) is 0 Å². The van der Waals surface area contributed by atoms with Gasteiger partial charge in [-0.25, -0.2) is 4.99 Å². The number of para-hydroxylation sites is 3. The van der Waals surface area contributed by atoms with E-state index >= 15 is 0 Å². The quantitative estimate of drug-likeness (QED) is 0.194. The first kappa shape index (κ1) is 31.0. The largest absolute Gasteiger partial charge is 0.359 e. The predicted octanol–water partition coefficient (Wildman–Crippen LogP) is 13.3. The molecule has 1 atom stereocenters. The van der Waals surface area contributed by atoms with E-state index in [9.17, 15) is 0 Å². The number of hydrogen-bond acceptors (Lipinski definition) is 2. The summed E-state index contributed by atoms with van der Waals surface area (Å²) in [5, 5.41) is 13.6. The fourth-order valence-corrected chi connectivity index (χ4v) is 9.17. The summed E-state index contributed by atoms with van der Waals surface area (Å²) < 4.78 is 4.78. The molecule has 0 amide bonds. The van der Waals surface area contributed by atoms with Crippen LogP contribution in [-0.2, 0) is 0 Å². The highest BCUT2D eigenvalue weighted by Gasteiger charge is 2.27. The van der Waals surface area contributed by atoms with Gasteiger partial charge in [-0.15, -0.1) is 0 Å². The molecule has 4 nitrogen and oxygen atoms in total. The van der Waals surface area contributed by atoms with Crippen molar-refractivity contribution in [3.05, 3.63) is 205 Å². The van der Waals surface area contributed by atoms with Gasteiger partial charge in [0.1, 0.15) is 12.0 Å². The Morgan fingerprint density at radius 1 is 0.411 bits per heavy atom.